The van der Waals surface area contributed by atoms with E-state index in [-0.39, 0.29) is 31.4 Å². The van der Waals surface area contributed by atoms with Gasteiger partial charge in [0, 0.05) is 37.2 Å². The molecule has 18 heteroatoms. The van der Waals surface area contributed by atoms with Crippen molar-refractivity contribution in [2.45, 2.75) is 147 Å². The number of ether oxygens (including phenoxy) is 5. The van der Waals surface area contributed by atoms with Gasteiger partial charge in [0.2, 0.25) is 0 Å². The van der Waals surface area contributed by atoms with Gasteiger partial charge in [0.25, 0.3) is 5.69 Å². The fourth-order valence-electron chi connectivity index (χ4n) is 9.06. The summed E-state index contributed by atoms with van der Waals surface area (Å²) < 4.78 is 71.6. The number of nitro benzene ring substituents is 1. The molecule has 3 heterocycles. The highest BCUT2D eigenvalue weighted by Gasteiger charge is 2.52. The average Bonchev–Trinajstić information content (AvgIpc) is 3.27. The molecule has 59 heavy (non-hydrogen) atoms. The smallest absolute Gasteiger partial charge is 0.416 e. The molecule has 1 aromatic carbocycles. The van der Waals surface area contributed by atoms with E-state index in [1.807, 2.05) is 18.7 Å². The zero-order valence-corrected chi connectivity index (χ0v) is 35.6. The van der Waals surface area contributed by atoms with Crippen LogP contribution in [0.4, 0.5) is 18.9 Å². The van der Waals surface area contributed by atoms with Crippen molar-refractivity contribution >= 4 is 17.6 Å². The van der Waals surface area contributed by atoms with Crippen LogP contribution in [0.3, 0.4) is 0 Å². The van der Waals surface area contributed by atoms with E-state index in [0.717, 1.165) is 5.57 Å². The Hall–Kier alpha value is -3.23. The summed E-state index contributed by atoms with van der Waals surface area (Å²) in [6.07, 6.45) is -12.4. The van der Waals surface area contributed by atoms with Crippen LogP contribution in [-0.2, 0) is 34.7 Å². The van der Waals surface area contributed by atoms with E-state index in [1.54, 1.807) is 27.9 Å². The lowest BCUT2D eigenvalue weighted by Gasteiger charge is -2.47. The van der Waals surface area contributed by atoms with Gasteiger partial charge in [-0.05, 0) is 91.6 Å². The Bertz CT molecular complexity index is 1670. The molecular weight excluding hydrogens is 783 g/mol. The van der Waals surface area contributed by atoms with Crippen LogP contribution in [-0.4, -0.2) is 142 Å². The van der Waals surface area contributed by atoms with Gasteiger partial charge in [-0.15, -0.1) is 0 Å². The molecule has 4 rings (SSSR count). The molecule has 1 aromatic rings. The van der Waals surface area contributed by atoms with Crippen LogP contribution in [0.25, 0.3) is 0 Å². The van der Waals surface area contributed by atoms with Crippen LogP contribution < -0.4 is 0 Å². The summed E-state index contributed by atoms with van der Waals surface area (Å²) >= 11 is 0. The maximum Gasteiger partial charge on any atom is 0.416 e. The first-order chi connectivity index (χ1) is 27.2. The number of benzene rings is 1. The number of aliphatic hydroxyl groups is 3. The molecule has 334 valence electrons. The summed E-state index contributed by atoms with van der Waals surface area (Å²) in [6.45, 7) is 18.2. The lowest BCUT2D eigenvalue weighted by Crippen LogP contribution is -2.59. The number of likely N-dealkylation sites (N-methyl/N-ethyl adjacent to an activating group) is 1. The van der Waals surface area contributed by atoms with Crippen LogP contribution in [0.2, 0.25) is 0 Å². The average molecular weight is 846 g/mol. The van der Waals surface area contributed by atoms with Crippen molar-refractivity contribution in [3.8, 4) is 0 Å². The maximum absolute atomic E-state index is 14.3. The molecule has 3 saturated heterocycles. The van der Waals surface area contributed by atoms with Crippen molar-refractivity contribution in [1.29, 1.82) is 0 Å². The number of nitro groups is 1. The predicted molar refractivity (Wildman–Crippen MR) is 208 cm³/mol. The third-order valence-corrected chi connectivity index (χ3v) is 12.1. The number of hydrogen-bond acceptors (Lipinski definition) is 14. The fraction of sp³-hybridized carbons (Fsp3) is 0.756. The number of cyclic esters (lactones) is 1. The highest BCUT2D eigenvalue weighted by atomic mass is 19.4. The number of esters is 2. The third kappa shape index (κ3) is 11.0. The van der Waals surface area contributed by atoms with Crippen molar-refractivity contribution in [1.82, 2.24) is 9.80 Å². The molecule has 0 radical (unpaired) electrons. The fourth-order valence-corrected chi connectivity index (χ4v) is 9.06. The molecule has 3 fully saturated rings. The molecule has 0 aromatic heterocycles. The molecule has 0 saturated carbocycles. The van der Waals surface area contributed by atoms with Gasteiger partial charge in [0.1, 0.15) is 35.6 Å². The largest absolute Gasteiger partial charge is 0.459 e. The SMILES string of the molecule is C=C1CO[C@H]2[C@@H](C)N(C1)C[C@H](C)C[C@@](C)(O)[C@H](O[C@@H]1O[C@H](C)C[C@H](N(C)C)[C@H]1O)[C@H](C)C(OC(=O)c1ccc(C(F)(F)F)cc1[N+](=O)[O-])[C@@H](C)C(=O)O[C@@H](CC)[C@@]2(C)O. The Morgan fingerprint density at radius 2 is 1.80 bits per heavy atom. The van der Waals surface area contributed by atoms with Crippen molar-refractivity contribution in [2.75, 3.05) is 33.8 Å². The van der Waals surface area contributed by atoms with E-state index in [2.05, 4.69) is 11.5 Å². The van der Waals surface area contributed by atoms with E-state index in [4.69, 9.17) is 23.7 Å². The van der Waals surface area contributed by atoms with Gasteiger partial charge in [-0.2, -0.15) is 13.2 Å². The quantitative estimate of drug-likeness (QED) is 0.148. The summed E-state index contributed by atoms with van der Waals surface area (Å²) in [6, 6.07) is 0.475. The first kappa shape index (κ1) is 48.4. The molecule has 15 nitrogen and oxygen atoms in total. The number of carbonyl (C=O) groups is 2. The number of carbonyl (C=O) groups excluding carboxylic acids is 2. The van der Waals surface area contributed by atoms with Crippen LogP contribution in [0.1, 0.15) is 90.6 Å². The Kier molecular flexibility index (Phi) is 15.4. The van der Waals surface area contributed by atoms with Gasteiger partial charge in [-0.3, -0.25) is 19.8 Å². The molecule has 0 amide bonds. The monoisotopic (exact) mass is 845 g/mol. The van der Waals surface area contributed by atoms with Crippen molar-refractivity contribution < 1.29 is 66.7 Å². The van der Waals surface area contributed by atoms with E-state index in [1.165, 1.54) is 27.7 Å². The molecule has 3 aliphatic rings. The van der Waals surface area contributed by atoms with Gasteiger partial charge in [0.05, 0.1) is 40.8 Å². The standard InChI is InChI=1S/C41H62F3N3O12/c1-12-31-40(9,52)35-26(7)46(19-22(3)20-55-35)18-21(2)17-39(8,51)34(59-38-32(48)30(45(10)11)15-23(4)56-38)24(5)33(25(6)36(49)57-31)58-37(50)28-14-13-27(41(42,43)44)16-29(28)47(53)54/h13-14,16,21,23-26,30-35,38,48,51-52H,3,12,15,17-20H2,1-2,4-11H3/t21-,23-,24-,25-,26-,30+,31+,32-,33?,34-,35+,38+,39-,40-/m1/s1. The lowest BCUT2D eigenvalue weighted by molar-refractivity contribution is -0.385. The number of aliphatic hydroxyl groups excluding tert-OH is 1. The summed E-state index contributed by atoms with van der Waals surface area (Å²) in [5, 5.41) is 48.3. The van der Waals surface area contributed by atoms with Gasteiger partial charge in [-0.1, -0.05) is 27.4 Å². The maximum atomic E-state index is 14.3. The van der Waals surface area contributed by atoms with Gasteiger partial charge >= 0.3 is 18.1 Å². The minimum atomic E-state index is -4.96. The number of halogens is 3. The first-order valence-corrected chi connectivity index (χ1v) is 20.1. The second-order valence-electron chi connectivity index (χ2n) is 17.5. The van der Waals surface area contributed by atoms with E-state index in [9.17, 15) is 48.2 Å². The second kappa shape index (κ2) is 18.8. The predicted octanol–water partition coefficient (Wildman–Crippen LogP) is 4.73. The third-order valence-electron chi connectivity index (χ3n) is 12.1. The van der Waals surface area contributed by atoms with Crippen LogP contribution in [0.5, 0.6) is 0 Å². The van der Waals surface area contributed by atoms with E-state index < -0.39 is 118 Å². The Labute approximate surface area is 343 Å². The van der Waals surface area contributed by atoms with E-state index in [0.29, 0.717) is 31.6 Å². The Morgan fingerprint density at radius 1 is 1.15 bits per heavy atom. The minimum absolute atomic E-state index is 0.0382. The van der Waals surface area contributed by atoms with Crippen LogP contribution in [0, 0.1) is 27.9 Å². The summed E-state index contributed by atoms with van der Waals surface area (Å²) in [5.74, 6) is -5.33. The zero-order valence-electron chi connectivity index (χ0n) is 35.6. The van der Waals surface area contributed by atoms with Crippen molar-refractivity contribution in [3.63, 3.8) is 0 Å². The number of rotatable bonds is 7. The van der Waals surface area contributed by atoms with Gasteiger partial charge in [0.15, 0.2) is 6.29 Å². The van der Waals surface area contributed by atoms with Crippen LogP contribution in [0.15, 0.2) is 30.4 Å². The minimum Gasteiger partial charge on any atom is -0.459 e. The molecule has 3 N–H and O–H groups in total. The van der Waals surface area contributed by atoms with Crippen molar-refractivity contribution in [2.24, 2.45) is 17.8 Å². The van der Waals surface area contributed by atoms with Crippen molar-refractivity contribution in [3.05, 3.63) is 51.6 Å². The van der Waals surface area contributed by atoms with E-state index >= 15 is 0 Å². The summed E-state index contributed by atoms with van der Waals surface area (Å²) in [5.41, 5.74) is -6.24. The lowest BCUT2D eigenvalue weighted by atomic mass is 9.77. The molecule has 0 spiro atoms. The Morgan fingerprint density at radius 3 is 2.37 bits per heavy atom. The molecular formula is C41H62F3N3O12. The highest BCUT2D eigenvalue weighted by molar-refractivity contribution is 5.94. The normalized spacial score (nSPS) is 39.4. The summed E-state index contributed by atoms with van der Waals surface area (Å²) in [7, 11) is 3.57. The molecule has 15 atom stereocenters. The highest BCUT2D eigenvalue weighted by Crippen LogP contribution is 2.40. The molecule has 0 aliphatic carbocycles. The number of fused-ring (bicyclic) bond motifs is 2. The molecule has 2 bridgehead atoms. The molecule has 2 unspecified atom stereocenters. The summed E-state index contributed by atoms with van der Waals surface area (Å²) in [4.78, 5) is 43.1. The van der Waals surface area contributed by atoms with Gasteiger partial charge < -0.3 is 43.9 Å². The van der Waals surface area contributed by atoms with Gasteiger partial charge in [-0.25, -0.2) is 4.79 Å². The van der Waals surface area contributed by atoms with Crippen LogP contribution >= 0.6 is 0 Å². The molecule has 3 aliphatic heterocycles. The number of hydrogen-bond donors (Lipinski definition) is 3. The number of nitrogens with zero attached hydrogens (tertiary/aromatic N) is 3. The zero-order chi connectivity index (χ0) is 44.5. The Balaban J connectivity index is 1.90. The number of alkyl halides is 3. The topological polar surface area (TPSA) is 191 Å². The second-order valence-corrected chi connectivity index (χ2v) is 17.5. The first-order valence-electron chi connectivity index (χ1n) is 20.1.